The molecule has 0 aromatic carbocycles. The second-order valence-corrected chi connectivity index (χ2v) is 5.96. The number of hydrogen-bond acceptors (Lipinski definition) is 3. The molecule has 2 N–H and O–H groups in total. The van der Waals surface area contributed by atoms with E-state index in [1.54, 1.807) is 23.3 Å². The number of nitrogens with two attached hydrogens (primary N) is 1. The van der Waals surface area contributed by atoms with Crippen molar-refractivity contribution in [3.8, 4) is 0 Å². The van der Waals surface area contributed by atoms with Crippen LogP contribution in [-0.4, -0.2) is 23.9 Å². The number of rotatable bonds is 4. The SMILES string of the molecule is CC[C@H](N)C(=O)N(C)Cc1ccc(Br)s1. The highest BCUT2D eigenvalue weighted by molar-refractivity contribution is 9.11. The molecule has 0 radical (unpaired) electrons. The van der Waals surface area contributed by atoms with Gasteiger partial charge in [-0.15, -0.1) is 11.3 Å². The second kappa shape index (κ2) is 5.63. The Morgan fingerprint density at radius 3 is 2.80 bits per heavy atom. The van der Waals surface area contributed by atoms with Crippen LogP contribution in [0, 0.1) is 0 Å². The summed E-state index contributed by atoms with van der Waals surface area (Å²) in [5.41, 5.74) is 5.68. The lowest BCUT2D eigenvalue weighted by Crippen LogP contribution is -2.40. The van der Waals surface area contributed by atoms with Crippen molar-refractivity contribution in [2.75, 3.05) is 7.05 Å². The molecule has 1 atom stereocenters. The molecule has 1 amide bonds. The Balaban J connectivity index is 2.55. The van der Waals surface area contributed by atoms with Crippen LogP contribution in [0.2, 0.25) is 0 Å². The zero-order chi connectivity index (χ0) is 11.4. The summed E-state index contributed by atoms with van der Waals surface area (Å²) < 4.78 is 1.08. The first kappa shape index (κ1) is 12.7. The van der Waals surface area contributed by atoms with Crippen molar-refractivity contribution in [2.24, 2.45) is 5.73 Å². The molecule has 0 aliphatic heterocycles. The van der Waals surface area contributed by atoms with Crippen LogP contribution in [-0.2, 0) is 11.3 Å². The van der Waals surface area contributed by atoms with Gasteiger partial charge in [0.25, 0.3) is 0 Å². The zero-order valence-electron chi connectivity index (χ0n) is 8.87. The van der Waals surface area contributed by atoms with Gasteiger partial charge in [-0.25, -0.2) is 0 Å². The van der Waals surface area contributed by atoms with Crippen molar-refractivity contribution in [2.45, 2.75) is 25.9 Å². The molecule has 1 heterocycles. The van der Waals surface area contributed by atoms with E-state index >= 15 is 0 Å². The first-order valence-electron chi connectivity index (χ1n) is 4.79. The van der Waals surface area contributed by atoms with Crippen LogP contribution < -0.4 is 5.73 Å². The third-order valence-electron chi connectivity index (χ3n) is 2.16. The van der Waals surface area contributed by atoms with Gasteiger partial charge in [-0.2, -0.15) is 0 Å². The summed E-state index contributed by atoms with van der Waals surface area (Å²) in [6.07, 6.45) is 0.678. The fourth-order valence-electron chi connectivity index (χ4n) is 1.21. The lowest BCUT2D eigenvalue weighted by Gasteiger charge is -2.19. The van der Waals surface area contributed by atoms with Crippen LogP contribution in [0.15, 0.2) is 15.9 Å². The van der Waals surface area contributed by atoms with Crippen LogP contribution in [0.3, 0.4) is 0 Å². The van der Waals surface area contributed by atoms with Gasteiger partial charge in [-0.1, -0.05) is 6.92 Å². The van der Waals surface area contributed by atoms with Gasteiger partial charge in [0, 0.05) is 11.9 Å². The standard InChI is InChI=1S/C10H15BrN2OS/c1-3-8(12)10(14)13(2)6-7-4-5-9(11)15-7/h4-5,8H,3,6,12H2,1-2H3/t8-/m0/s1. The van der Waals surface area contributed by atoms with Gasteiger partial charge < -0.3 is 10.6 Å². The molecule has 5 heteroatoms. The largest absolute Gasteiger partial charge is 0.339 e. The molecule has 0 aliphatic carbocycles. The number of carbonyl (C=O) groups is 1. The first-order valence-corrected chi connectivity index (χ1v) is 6.40. The summed E-state index contributed by atoms with van der Waals surface area (Å²) in [4.78, 5) is 14.5. The quantitative estimate of drug-likeness (QED) is 0.924. The van der Waals surface area contributed by atoms with E-state index in [1.165, 1.54) is 0 Å². The molecular weight excluding hydrogens is 276 g/mol. The number of carbonyl (C=O) groups excluding carboxylic acids is 1. The number of hydrogen-bond donors (Lipinski definition) is 1. The summed E-state index contributed by atoms with van der Waals surface area (Å²) in [6.45, 7) is 2.54. The van der Waals surface area contributed by atoms with Gasteiger partial charge in [0.1, 0.15) is 0 Å². The number of amides is 1. The van der Waals surface area contributed by atoms with Gasteiger partial charge in [-0.3, -0.25) is 4.79 Å². The molecular formula is C10H15BrN2OS. The predicted octanol–water partition coefficient (Wildman–Crippen LogP) is 2.21. The predicted molar refractivity (Wildman–Crippen MR) is 66.8 cm³/mol. The van der Waals surface area contributed by atoms with Crippen LogP contribution >= 0.6 is 27.3 Å². The normalized spacial score (nSPS) is 12.5. The molecule has 84 valence electrons. The highest BCUT2D eigenvalue weighted by atomic mass is 79.9. The van der Waals surface area contributed by atoms with Crippen molar-refractivity contribution < 1.29 is 4.79 Å². The van der Waals surface area contributed by atoms with Crippen molar-refractivity contribution in [3.05, 3.63) is 20.8 Å². The third kappa shape index (κ3) is 3.59. The molecule has 0 fully saturated rings. The van der Waals surface area contributed by atoms with E-state index in [0.717, 1.165) is 8.66 Å². The van der Waals surface area contributed by atoms with Crippen molar-refractivity contribution in [1.29, 1.82) is 0 Å². The molecule has 1 rings (SSSR count). The van der Waals surface area contributed by atoms with Gasteiger partial charge in [0.15, 0.2) is 0 Å². The Hall–Kier alpha value is -0.390. The Bertz CT molecular complexity index is 340. The van der Waals surface area contributed by atoms with E-state index in [2.05, 4.69) is 15.9 Å². The van der Waals surface area contributed by atoms with E-state index in [1.807, 2.05) is 19.1 Å². The van der Waals surface area contributed by atoms with Gasteiger partial charge in [0.2, 0.25) is 5.91 Å². The Morgan fingerprint density at radius 1 is 1.67 bits per heavy atom. The summed E-state index contributed by atoms with van der Waals surface area (Å²) in [5.74, 6) is 0.00187. The number of likely N-dealkylation sites (N-methyl/N-ethyl adjacent to an activating group) is 1. The van der Waals surface area contributed by atoms with E-state index in [4.69, 9.17) is 5.73 Å². The first-order chi connectivity index (χ1) is 7.04. The fraction of sp³-hybridized carbons (Fsp3) is 0.500. The molecule has 15 heavy (non-hydrogen) atoms. The van der Waals surface area contributed by atoms with E-state index in [9.17, 15) is 4.79 Å². The summed E-state index contributed by atoms with van der Waals surface area (Å²) in [6, 6.07) is 3.62. The Kier molecular flexibility index (Phi) is 4.76. The van der Waals surface area contributed by atoms with Gasteiger partial charge >= 0.3 is 0 Å². The van der Waals surface area contributed by atoms with Crippen molar-refractivity contribution in [1.82, 2.24) is 4.90 Å². The van der Waals surface area contributed by atoms with Crippen molar-refractivity contribution >= 4 is 33.2 Å². The summed E-state index contributed by atoms with van der Waals surface area (Å²) in [7, 11) is 1.78. The van der Waals surface area contributed by atoms with Gasteiger partial charge in [-0.05, 0) is 34.5 Å². The minimum atomic E-state index is -0.376. The average Bonchev–Trinajstić information content (AvgIpc) is 2.61. The van der Waals surface area contributed by atoms with Crippen LogP contribution in [0.4, 0.5) is 0 Å². The lowest BCUT2D eigenvalue weighted by atomic mass is 10.2. The number of halogens is 1. The maximum absolute atomic E-state index is 11.7. The molecule has 0 saturated carbocycles. The van der Waals surface area contributed by atoms with E-state index in [-0.39, 0.29) is 11.9 Å². The van der Waals surface area contributed by atoms with E-state index < -0.39 is 0 Å². The van der Waals surface area contributed by atoms with Crippen LogP contribution in [0.5, 0.6) is 0 Å². The molecule has 3 nitrogen and oxygen atoms in total. The maximum atomic E-state index is 11.7. The fourth-order valence-corrected chi connectivity index (χ4v) is 2.74. The summed E-state index contributed by atoms with van der Waals surface area (Å²) >= 11 is 5.03. The second-order valence-electron chi connectivity index (χ2n) is 3.41. The van der Waals surface area contributed by atoms with Crippen LogP contribution in [0.1, 0.15) is 18.2 Å². The topological polar surface area (TPSA) is 46.3 Å². The molecule has 0 unspecified atom stereocenters. The zero-order valence-corrected chi connectivity index (χ0v) is 11.3. The Morgan fingerprint density at radius 2 is 2.33 bits per heavy atom. The molecule has 0 spiro atoms. The Labute approximate surface area is 102 Å². The monoisotopic (exact) mass is 290 g/mol. The molecule has 0 saturated heterocycles. The number of thiophene rings is 1. The third-order valence-corrected chi connectivity index (χ3v) is 3.76. The minimum absolute atomic E-state index is 0.00187. The lowest BCUT2D eigenvalue weighted by molar-refractivity contribution is -0.131. The molecule has 1 aromatic rings. The van der Waals surface area contributed by atoms with Crippen LogP contribution in [0.25, 0.3) is 0 Å². The minimum Gasteiger partial charge on any atom is -0.339 e. The number of nitrogens with zero attached hydrogens (tertiary/aromatic N) is 1. The molecule has 0 aliphatic rings. The smallest absolute Gasteiger partial charge is 0.239 e. The average molecular weight is 291 g/mol. The van der Waals surface area contributed by atoms with Crippen molar-refractivity contribution in [3.63, 3.8) is 0 Å². The van der Waals surface area contributed by atoms with Gasteiger partial charge in [0.05, 0.1) is 16.4 Å². The highest BCUT2D eigenvalue weighted by Gasteiger charge is 2.16. The van der Waals surface area contributed by atoms with E-state index in [0.29, 0.717) is 13.0 Å². The highest BCUT2D eigenvalue weighted by Crippen LogP contribution is 2.23. The maximum Gasteiger partial charge on any atom is 0.239 e. The molecule has 0 bridgehead atoms. The summed E-state index contributed by atoms with van der Waals surface area (Å²) in [5, 5.41) is 0. The molecule has 1 aromatic heterocycles.